The predicted molar refractivity (Wildman–Crippen MR) is 138 cm³/mol. The van der Waals surface area contributed by atoms with E-state index in [4.69, 9.17) is 0 Å². The molecule has 3 atom stereocenters. The summed E-state index contributed by atoms with van der Waals surface area (Å²) in [6.45, 7) is 7.46. The molecule has 0 radical (unpaired) electrons. The Bertz CT molecular complexity index is 1210. The van der Waals surface area contributed by atoms with Crippen molar-refractivity contribution in [1.82, 2.24) is 20.2 Å². The fraction of sp³-hybridized carbons (Fsp3) is 0.536. The number of anilines is 1. The van der Waals surface area contributed by atoms with Gasteiger partial charge < -0.3 is 15.5 Å². The summed E-state index contributed by atoms with van der Waals surface area (Å²) >= 11 is 0. The lowest BCUT2D eigenvalue weighted by atomic mass is 9.99. The number of aromatic nitrogens is 2. The van der Waals surface area contributed by atoms with Crippen LogP contribution in [-0.4, -0.2) is 52.4 Å². The van der Waals surface area contributed by atoms with Gasteiger partial charge in [0, 0.05) is 49.3 Å². The molecule has 0 saturated carbocycles. The molecule has 1 aliphatic carbocycles. The number of halogens is 5. The topological polar surface area (TPSA) is 70.2 Å². The highest BCUT2D eigenvalue weighted by Gasteiger charge is 2.41. The van der Waals surface area contributed by atoms with Gasteiger partial charge in [-0.25, -0.2) is 31.9 Å². The van der Waals surface area contributed by atoms with Crippen molar-refractivity contribution in [2.45, 2.75) is 70.4 Å². The third kappa shape index (κ3) is 6.57. The highest BCUT2D eigenvalue weighted by atomic mass is 19.3. The number of allylic oxidation sites excluding steroid dienone is 1. The first-order valence-electron chi connectivity index (χ1n) is 13.2. The number of hydrogen-bond acceptors (Lipinski definition) is 5. The molecule has 1 fully saturated rings. The second kappa shape index (κ2) is 12.0. The summed E-state index contributed by atoms with van der Waals surface area (Å²) < 4.78 is 69.7. The number of nitrogens with one attached hydrogen (secondary N) is 2. The van der Waals surface area contributed by atoms with Crippen LogP contribution in [0.4, 0.5) is 27.8 Å². The quantitative estimate of drug-likeness (QED) is 0.300. The number of alkyl halides is 4. The molecule has 212 valence electrons. The number of rotatable bonds is 10. The summed E-state index contributed by atoms with van der Waals surface area (Å²) in [7, 11) is 0. The van der Waals surface area contributed by atoms with E-state index < -0.39 is 42.2 Å². The average molecular weight is 552 g/mol. The van der Waals surface area contributed by atoms with Gasteiger partial charge >= 0.3 is 0 Å². The smallest absolute Gasteiger partial charge is 0.268 e. The molecule has 1 saturated heterocycles. The van der Waals surface area contributed by atoms with Crippen LogP contribution in [0.1, 0.15) is 66.9 Å². The number of carbonyl (C=O) groups excluding carboxylic acids is 1. The van der Waals surface area contributed by atoms with Crippen LogP contribution in [-0.2, 0) is 17.6 Å². The zero-order valence-corrected chi connectivity index (χ0v) is 22.1. The van der Waals surface area contributed by atoms with Crippen LogP contribution in [0.5, 0.6) is 0 Å². The fourth-order valence-corrected chi connectivity index (χ4v) is 5.43. The first kappa shape index (κ1) is 28.9. The largest absolute Gasteiger partial charge is 0.363 e. The Hall–Kier alpha value is -3.08. The summed E-state index contributed by atoms with van der Waals surface area (Å²) in [6, 6.07) is 2.21. The number of aryl methyl sites for hydroxylation is 1. The van der Waals surface area contributed by atoms with Crippen molar-refractivity contribution in [3.05, 3.63) is 64.9 Å². The molecule has 2 aliphatic rings. The highest BCUT2D eigenvalue weighted by molar-refractivity contribution is 5.76. The number of fused-ring (bicyclic) bond motifs is 1. The lowest BCUT2D eigenvalue weighted by Crippen LogP contribution is -2.59. The van der Waals surface area contributed by atoms with Crippen LogP contribution >= 0.6 is 0 Å². The summed E-state index contributed by atoms with van der Waals surface area (Å²) in [5.74, 6) is -2.92. The molecule has 1 aliphatic heterocycles. The predicted octanol–water partition coefficient (Wildman–Crippen LogP) is 5.54. The van der Waals surface area contributed by atoms with Gasteiger partial charge in [-0.3, -0.25) is 4.79 Å². The van der Waals surface area contributed by atoms with Gasteiger partial charge in [-0.1, -0.05) is 24.3 Å². The SMILES string of the molecule is C=CCC(F)(F)C1CN(C(=O)CCC2Cc3nc(C)nc(N[C@H](C)c4cccc(C(F)F)c4F)c3C2)CCN1. The minimum atomic E-state index is -2.98. The van der Waals surface area contributed by atoms with Crippen molar-refractivity contribution in [3.63, 3.8) is 0 Å². The molecule has 6 nitrogen and oxygen atoms in total. The maximum atomic E-state index is 14.7. The standard InChI is InChI=1S/C28H34F5N5O/c1-4-10-28(32,33)23-15-38(12-11-34-23)24(39)9-8-18-13-21-22(14-18)36-17(3)37-27(21)35-16(2)19-6-5-7-20(25(19)29)26(30)31/h4-7,16,18,23,26,34H,1,8-15H2,2-3H3,(H,35,36,37)/t16-,18?,23?/m1/s1. The number of amides is 1. The maximum absolute atomic E-state index is 14.7. The lowest BCUT2D eigenvalue weighted by Gasteiger charge is -2.37. The van der Waals surface area contributed by atoms with Gasteiger partial charge in [0.1, 0.15) is 17.5 Å². The Labute approximate surface area is 225 Å². The van der Waals surface area contributed by atoms with E-state index >= 15 is 0 Å². The monoisotopic (exact) mass is 551 g/mol. The van der Waals surface area contributed by atoms with Crippen LogP contribution < -0.4 is 10.6 Å². The van der Waals surface area contributed by atoms with Gasteiger partial charge in [0.15, 0.2) is 0 Å². The molecule has 39 heavy (non-hydrogen) atoms. The molecule has 1 amide bonds. The molecular weight excluding hydrogens is 517 g/mol. The average Bonchev–Trinajstić information content (AvgIpc) is 3.30. The Morgan fingerprint density at radius 2 is 2.03 bits per heavy atom. The van der Waals surface area contributed by atoms with E-state index in [-0.39, 0.29) is 30.4 Å². The minimum absolute atomic E-state index is 0.0511. The Balaban J connectivity index is 1.39. The number of carbonyl (C=O) groups is 1. The molecular formula is C28H34F5N5O. The molecule has 2 aromatic rings. The van der Waals surface area contributed by atoms with E-state index in [0.717, 1.165) is 17.3 Å². The third-order valence-corrected chi connectivity index (χ3v) is 7.51. The second-order valence-corrected chi connectivity index (χ2v) is 10.4. The summed E-state index contributed by atoms with van der Waals surface area (Å²) in [6.07, 6.45) is -0.160. The van der Waals surface area contributed by atoms with E-state index in [1.165, 1.54) is 23.1 Å². The second-order valence-electron chi connectivity index (χ2n) is 10.4. The van der Waals surface area contributed by atoms with E-state index in [1.807, 2.05) is 0 Å². The van der Waals surface area contributed by atoms with Gasteiger partial charge in [-0.15, -0.1) is 6.58 Å². The molecule has 2 N–H and O–H groups in total. The zero-order chi connectivity index (χ0) is 28.3. The van der Waals surface area contributed by atoms with Gasteiger partial charge in [-0.2, -0.15) is 0 Å². The molecule has 0 bridgehead atoms. The van der Waals surface area contributed by atoms with Crippen LogP contribution in [0, 0.1) is 18.7 Å². The first-order chi connectivity index (χ1) is 18.5. The van der Waals surface area contributed by atoms with Crippen molar-refractivity contribution >= 4 is 11.7 Å². The fourth-order valence-electron chi connectivity index (χ4n) is 5.43. The van der Waals surface area contributed by atoms with E-state index in [2.05, 4.69) is 27.2 Å². The van der Waals surface area contributed by atoms with E-state index in [9.17, 15) is 26.7 Å². The van der Waals surface area contributed by atoms with Crippen molar-refractivity contribution < 1.29 is 26.7 Å². The number of nitrogens with zero attached hydrogens (tertiary/aromatic N) is 3. The van der Waals surface area contributed by atoms with Crippen molar-refractivity contribution in [3.8, 4) is 0 Å². The summed E-state index contributed by atoms with van der Waals surface area (Å²) in [5.41, 5.74) is 1.17. The number of benzene rings is 1. The Morgan fingerprint density at radius 3 is 2.74 bits per heavy atom. The molecule has 0 spiro atoms. The molecule has 1 aromatic carbocycles. The zero-order valence-electron chi connectivity index (χ0n) is 22.1. The maximum Gasteiger partial charge on any atom is 0.268 e. The summed E-state index contributed by atoms with van der Waals surface area (Å²) in [5, 5.41) is 5.99. The van der Waals surface area contributed by atoms with Crippen LogP contribution in [0.15, 0.2) is 30.9 Å². The van der Waals surface area contributed by atoms with Gasteiger partial charge in [0.25, 0.3) is 12.3 Å². The van der Waals surface area contributed by atoms with Crippen LogP contribution in [0.25, 0.3) is 0 Å². The highest BCUT2D eigenvalue weighted by Crippen LogP contribution is 2.35. The van der Waals surface area contributed by atoms with Gasteiger partial charge in [0.05, 0.1) is 17.6 Å². The van der Waals surface area contributed by atoms with E-state index in [1.54, 1.807) is 13.8 Å². The minimum Gasteiger partial charge on any atom is -0.363 e. The molecule has 2 heterocycles. The van der Waals surface area contributed by atoms with Crippen LogP contribution in [0.3, 0.4) is 0 Å². The molecule has 2 unspecified atom stereocenters. The normalized spacial score (nSPS) is 20.2. The molecule has 4 rings (SSSR count). The summed E-state index contributed by atoms with van der Waals surface area (Å²) in [4.78, 5) is 23.4. The van der Waals surface area contributed by atoms with Crippen molar-refractivity contribution in [1.29, 1.82) is 0 Å². The van der Waals surface area contributed by atoms with Crippen molar-refractivity contribution in [2.24, 2.45) is 5.92 Å². The Morgan fingerprint density at radius 1 is 1.28 bits per heavy atom. The van der Waals surface area contributed by atoms with Crippen LogP contribution in [0.2, 0.25) is 0 Å². The first-order valence-corrected chi connectivity index (χ1v) is 13.2. The van der Waals surface area contributed by atoms with E-state index in [0.29, 0.717) is 44.0 Å². The van der Waals surface area contributed by atoms with Gasteiger partial charge in [0.2, 0.25) is 5.91 Å². The van der Waals surface area contributed by atoms with Gasteiger partial charge in [-0.05, 0) is 39.0 Å². The molecule has 1 aromatic heterocycles. The third-order valence-electron chi connectivity index (χ3n) is 7.51. The lowest BCUT2D eigenvalue weighted by molar-refractivity contribution is -0.135. The molecule has 11 heteroatoms. The number of piperazine rings is 1. The number of hydrogen-bond donors (Lipinski definition) is 2. The Kier molecular flexibility index (Phi) is 8.88. The van der Waals surface area contributed by atoms with Crippen molar-refractivity contribution in [2.75, 3.05) is 25.0 Å².